The van der Waals surface area contributed by atoms with Gasteiger partial charge < -0.3 is 15.0 Å². The van der Waals surface area contributed by atoms with Gasteiger partial charge in [0.15, 0.2) is 0 Å². The van der Waals surface area contributed by atoms with E-state index in [1.165, 1.54) is 0 Å². The summed E-state index contributed by atoms with van der Waals surface area (Å²) >= 11 is 0. The van der Waals surface area contributed by atoms with Gasteiger partial charge in [-0.1, -0.05) is 12.1 Å². The quantitative estimate of drug-likeness (QED) is 0.848. The zero-order valence-electron chi connectivity index (χ0n) is 9.47. The molecule has 0 aliphatic carbocycles. The normalized spacial score (nSPS) is 10.4. The molecule has 4 heteroatoms. The fourth-order valence-corrected chi connectivity index (χ4v) is 1.77. The second kappa shape index (κ2) is 4.37. The van der Waals surface area contributed by atoms with Crippen LogP contribution in [0.2, 0.25) is 0 Å². The van der Waals surface area contributed by atoms with E-state index in [4.69, 9.17) is 10.5 Å². The molecule has 16 heavy (non-hydrogen) atoms. The molecule has 0 aliphatic heterocycles. The fourth-order valence-electron chi connectivity index (χ4n) is 1.77. The number of rotatable bonds is 3. The van der Waals surface area contributed by atoms with Gasteiger partial charge in [-0.2, -0.15) is 0 Å². The van der Waals surface area contributed by atoms with Crippen molar-refractivity contribution in [2.45, 2.75) is 6.54 Å². The van der Waals surface area contributed by atoms with Gasteiger partial charge >= 0.3 is 0 Å². The van der Waals surface area contributed by atoms with E-state index in [2.05, 4.69) is 4.98 Å². The molecule has 0 amide bonds. The number of hydrogen-bond acceptors (Lipinski definition) is 3. The summed E-state index contributed by atoms with van der Waals surface area (Å²) < 4.78 is 7.17. The number of aromatic nitrogens is 2. The topological polar surface area (TPSA) is 53.1 Å². The van der Waals surface area contributed by atoms with E-state index in [0.717, 1.165) is 22.7 Å². The van der Waals surface area contributed by atoms with Crippen LogP contribution in [0.3, 0.4) is 0 Å². The summed E-state index contributed by atoms with van der Waals surface area (Å²) in [6.45, 7) is 0.438. The highest BCUT2D eigenvalue weighted by atomic mass is 16.5. The van der Waals surface area contributed by atoms with E-state index in [-0.39, 0.29) is 0 Å². The van der Waals surface area contributed by atoms with Crippen LogP contribution in [-0.2, 0) is 13.6 Å². The minimum absolute atomic E-state index is 0.438. The number of benzene rings is 1. The Balaban J connectivity index is 2.53. The van der Waals surface area contributed by atoms with Crippen LogP contribution in [0.1, 0.15) is 5.69 Å². The van der Waals surface area contributed by atoms with Gasteiger partial charge in [-0.3, -0.25) is 0 Å². The van der Waals surface area contributed by atoms with Crippen LogP contribution in [-0.4, -0.2) is 16.7 Å². The molecular formula is C12H15N3O. The van der Waals surface area contributed by atoms with Crippen molar-refractivity contribution >= 4 is 0 Å². The highest BCUT2D eigenvalue weighted by molar-refractivity contribution is 5.64. The molecule has 0 spiro atoms. The number of ether oxygens (including phenoxy) is 1. The lowest BCUT2D eigenvalue weighted by Gasteiger charge is -2.07. The highest BCUT2D eigenvalue weighted by Crippen LogP contribution is 2.25. The molecule has 0 saturated carbocycles. The molecule has 0 fully saturated rings. The predicted molar refractivity (Wildman–Crippen MR) is 63.1 cm³/mol. The molecule has 0 bridgehead atoms. The second-order valence-corrected chi connectivity index (χ2v) is 3.59. The maximum absolute atomic E-state index is 5.66. The average molecular weight is 217 g/mol. The lowest BCUT2D eigenvalue weighted by Crippen LogP contribution is -2.00. The van der Waals surface area contributed by atoms with Crippen molar-refractivity contribution in [1.82, 2.24) is 9.55 Å². The predicted octanol–water partition coefficient (Wildman–Crippen LogP) is 1.55. The standard InChI is InChI=1S/C12H15N3O/c1-15-8-14-11(7-13)12(15)9-4-3-5-10(6-9)16-2/h3-6,8H,7,13H2,1-2H3. The maximum atomic E-state index is 5.66. The zero-order valence-corrected chi connectivity index (χ0v) is 9.47. The first kappa shape index (κ1) is 10.7. The largest absolute Gasteiger partial charge is 0.497 e. The summed E-state index contributed by atoms with van der Waals surface area (Å²) in [5.74, 6) is 0.835. The van der Waals surface area contributed by atoms with Gasteiger partial charge in [-0.15, -0.1) is 0 Å². The van der Waals surface area contributed by atoms with Crippen molar-refractivity contribution in [3.63, 3.8) is 0 Å². The Morgan fingerprint density at radius 2 is 2.25 bits per heavy atom. The first-order chi connectivity index (χ1) is 7.76. The Morgan fingerprint density at radius 3 is 2.94 bits per heavy atom. The summed E-state index contributed by atoms with van der Waals surface area (Å²) in [6, 6.07) is 7.89. The Labute approximate surface area is 94.7 Å². The number of nitrogens with two attached hydrogens (primary N) is 1. The first-order valence-corrected chi connectivity index (χ1v) is 5.11. The molecule has 2 N–H and O–H groups in total. The van der Waals surface area contributed by atoms with Gasteiger partial charge in [0, 0.05) is 19.2 Å². The third-order valence-corrected chi connectivity index (χ3v) is 2.55. The van der Waals surface area contributed by atoms with E-state index in [9.17, 15) is 0 Å². The molecule has 2 aromatic rings. The maximum Gasteiger partial charge on any atom is 0.119 e. The zero-order chi connectivity index (χ0) is 11.5. The van der Waals surface area contributed by atoms with Crippen LogP contribution >= 0.6 is 0 Å². The van der Waals surface area contributed by atoms with E-state index >= 15 is 0 Å². The number of nitrogens with zero attached hydrogens (tertiary/aromatic N) is 2. The highest BCUT2D eigenvalue weighted by Gasteiger charge is 2.10. The molecule has 0 saturated heterocycles. The van der Waals surface area contributed by atoms with E-state index in [1.807, 2.05) is 35.9 Å². The van der Waals surface area contributed by atoms with Crippen molar-refractivity contribution in [2.24, 2.45) is 12.8 Å². The molecule has 4 nitrogen and oxygen atoms in total. The molecule has 0 unspecified atom stereocenters. The molecule has 0 aliphatic rings. The molecule has 2 rings (SSSR count). The number of methoxy groups -OCH3 is 1. The minimum Gasteiger partial charge on any atom is -0.497 e. The lowest BCUT2D eigenvalue weighted by molar-refractivity contribution is 0.415. The van der Waals surface area contributed by atoms with E-state index in [1.54, 1.807) is 13.4 Å². The SMILES string of the molecule is COc1cccc(-c2c(CN)ncn2C)c1. The van der Waals surface area contributed by atoms with E-state index < -0.39 is 0 Å². The fraction of sp³-hybridized carbons (Fsp3) is 0.250. The van der Waals surface area contributed by atoms with Crippen molar-refractivity contribution in [1.29, 1.82) is 0 Å². The minimum atomic E-state index is 0.438. The van der Waals surface area contributed by atoms with Gasteiger partial charge in [-0.05, 0) is 12.1 Å². The number of aryl methyl sites for hydroxylation is 1. The van der Waals surface area contributed by atoms with Gasteiger partial charge in [0.1, 0.15) is 5.75 Å². The lowest BCUT2D eigenvalue weighted by atomic mass is 10.1. The van der Waals surface area contributed by atoms with Gasteiger partial charge in [0.05, 0.1) is 24.8 Å². The van der Waals surface area contributed by atoms with Crippen LogP contribution in [0, 0.1) is 0 Å². The number of imidazole rings is 1. The van der Waals surface area contributed by atoms with E-state index in [0.29, 0.717) is 6.54 Å². The summed E-state index contributed by atoms with van der Waals surface area (Å²) in [5.41, 5.74) is 8.68. The summed E-state index contributed by atoms with van der Waals surface area (Å²) in [4.78, 5) is 4.26. The molecule has 1 aromatic carbocycles. The summed E-state index contributed by atoms with van der Waals surface area (Å²) in [7, 11) is 3.62. The summed E-state index contributed by atoms with van der Waals surface area (Å²) in [6.07, 6.45) is 1.77. The van der Waals surface area contributed by atoms with Crippen LogP contribution < -0.4 is 10.5 Å². The van der Waals surface area contributed by atoms with Crippen molar-refractivity contribution < 1.29 is 4.74 Å². The first-order valence-electron chi connectivity index (χ1n) is 5.11. The molecule has 1 aromatic heterocycles. The molecule has 1 heterocycles. The third kappa shape index (κ3) is 1.79. The van der Waals surface area contributed by atoms with Crippen LogP contribution in [0.25, 0.3) is 11.3 Å². The second-order valence-electron chi connectivity index (χ2n) is 3.59. The Bertz CT molecular complexity index is 491. The Kier molecular flexibility index (Phi) is 2.92. The van der Waals surface area contributed by atoms with Gasteiger partial charge in [0.2, 0.25) is 0 Å². The summed E-state index contributed by atoms with van der Waals surface area (Å²) in [5, 5.41) is 0. The molecule has 84 valence electrons. The van der Waals surface area contributed by atoms with Gasteiger partial charge in [0.25, 0.3) is 0 Å². The number of hydrogen-bond donors (Lipinski definition) is 1. The third-order valence-electron chi connectivity index (χ3n) is 2.55. The monoisotopic (exact) mass is 217 g/mol. The van der Waals surface area contributed by atoms with Crippen molar-refractivity contribution in [3.05, 3.63) is 36.3 Å². The molecular weight excluding hydrogens is 202 g/mol. The van der Waals surface area contributed by atoms with Crippen molar-refractivity contribution in [3.8, 4) is 17.0 Å². The Morgan fingerprint density at radius 1 is 1.44 bits per heavy atom. The smallest absolute Gasteiger partial charge is 0.119 e. The average Bonchev–Trinajstić information content (AvgIpc) is 2.70. The molecule has 0 radical (unpaired) electrons. The van der Waals surface area contributed by atoms with Crippen molar-refractivity contribution in [2.75, 3.05) is 7.11 Å². The van der Waals surface area contributed by atoms with Crippen LogP contribution in [0.15, 0.2) is 30.6 Å². The van der Waals surface area contributed by atoms with Crippen LogP contribution in [0.4, 0.5) is 0 Å². The molecule has 0 atom stereocenters. The van der Waals surface area contributed by atoms with Crippen LogP contribution in [0.5, 0.6) is 5.75 Å². The Hall–Kier alpha value is -1.81. The van der Waals surface area contributed by atoms with Gasteiger partial charge in [-0.25, -0.2) is 4.98 Å².